The molecule has 0 aromatic heterocycles. The van der Waals surface area contributed by atoms with Crippen LogP contribution in [0.25, 0.3) is 0 Å². The Labute approximate surface area is 145 Å². The Morgan fingerprint density at radius 3 is 2.48 bits per heavy atom. The minimum atomic E-state index is -0.535. The van der Waals surface area contributed by atoms with Crippen molar-refractivity contribution in [2.75, 3.05) is 38.9 Å². The number of hydrogen-bond acceptors (Lipinski definition) is 5. The second-order valence-electron chi connectivity index (χ2n) is 5.73. The van der Waals surface area contributed by atoms with Crippen molar-refractivity contribution in [3.05, 3.63) is 22.7 Å². The summed E-state index contributed by atoms with van der Waals surface area (Å²) in [5.41, 5.74) is 0.0857. The van der Waals surface area contributed by atoms with Crippen molar-refractivity contribution in [2.45, 2.75) is 26.4 Å². The van der Waals surface area contributed by atoms with E-state index in [0.717, 1.165) is 4.47 Å². The highest BCUT2D eigenvalue weighted by molar-refractivity contribution is 9.10. The summed E-state index contributed by atoms with van der Waals surface area (Å²) in [5.74, 6) is 0.676. The van der Waals surface area contributed by atoms with Gasteiger partial charge in [-0.15, -0.1) is 0 Å². The van der Waals surface area contributed by atoms with E-state index in [1.54, 1.807) is 25.3 Å². The number of hydrogen-bond donors (Lipinski definition) is 1. The summed E-state index contributed by atoms with van der Waals surface area (Å²) in [6.07, 6.45) is -0.496. The quantitative estimate of drug-likeness (QED) is 0.684. The van der Waals surface area contributed by atoms with E-state index in [1.807, 2.05) is 20.8 Å². The number of ether oxygens (including phenoxy) is 4. The monoisotopic (exact) mass is 389 g/mol. The largest absolute Gasteiger partial charge is 0.490 e. The Bertz CT molecular complexity index is 502. The summed E-state index contributed by atoms with van der Waals surface area (Å²) in [4.78, 5) is 11.7. The van der Waals surface area contributed by atoms with Crippen LogP contribution in [0.15, 0.2) is 22.7 Å². The van der Waals surface area contributed by atoms with Crippen LogP contribution in [0.3, 0.4) is 0 Å². The first-order valence-corrected chi connectivity index (χ1v) is 8.10. The van der Waals surface area contributed by atoms with E-state index >= 15 is 0 Å². The first-order valence-electron chi connectivity index (χ1n) is 7.31. The van der Waals surface area contributed by atoms with Gasteiger partial charge in [-0.1, -0.05) is 0 Å². The third-order valence-corrected chi connectivity index (χ3v) is 3.11. The Hall–Kier alpha value is -1.31. The van der Waals surface area contributed by atoms with E-state index in [-0.39, 0.29) is 0 Å². The molecule has 0 fully saturated rings. The summed E-state index contributed by atoms with van der Waals surface area (Å²) in [5, 5.41) is 2.67. The number of nitrogens with one attached hydrogen (secondary N) is 1. The molecule has 0 aliphatic rings. The second-order valence-corrected chi connectivity index (χ2v) is 6.58. The molecule has 0 aliphatic heterocycles. The van der Waals surface area contributed by atoms with Gasteiger partial charge in [-0.05, 0) is 54.9 Å². The average Bonchev–Trinajstić information content (AvgIpc) is 2.42. The number of halogens is 1. The van der Waals surface area contributed by atoms with Gasteiger partial charge in [0.05, 0.1) is 24.3 Å². The van der Waals surface area contributed by atoms with Crippen LogP contribution in [0.5, 0.6) is 5.75 Å². The van der Waals surface area contributed by atoms with E-state index in [0.29, 0.717) is 37.9 Å². The molecule has 23 heavy (non-hydrogen) atoms. The van der Waals surface area contributed by atoms with Crippen molar-refractivity contribution in [1.29, 1.82) is 0 Å². The van der Waals surface area contributed by atoms with Gasteiger partial charge in [0.25, 0.3) is 0 Å². The lowest BCUT2D eigenvalue weighted by Gasteiger charge is -2.19. The van der Waals surface area contributed by atoms with E-state index in [9.17, 15) is 4.79 Å². The normalized spacial score (nSPS) is 11.2. The highest BCUT2D eigenvalue weighted by Gasteiger charge is 2.16. The topological polar surface area (TPSA) is 66.0 Å². The molecule has 0 heterocycles. The molecule has 0 radical (unpaired) electrons. The van der Waals surface area contributed by atoms with Crippen molar-refractivity contribution in [3.8, 4) is 5.75 Å². The Morgan fingerprint density at radius 1 is 1.17 bits per heavy atom. The maximum absolute atomic E-state index is 11.7. The molecule has 0 aliphatic carbocycles. The molecule has 0 bridgehead atoms. The highest BCUT2D eigenvalue weighted by atomic mass is 79.9. The van der Waals surface area contributed by atoms with E-state index in [4.69, 9.17) is 18.9 Å². The summed E-state index contributed by atoms with van der Waals surface area (Å²) in [7, 11) is 1.63. The van der Waals surface area contributed by atoms with Crippen LogP contribution in [0.1, 0.15) is 20.8 Å². The van der Waals surface area contributed by atoms with Crippen LogP contribution in [0.2, 0.25) is 0 Å². The summed E-state index contributed by atoms with van der Waals surface area (Å²) < 4.78 is 21.7. The van der Waals surface area contributed by atoms with Crippen molar-refractivity contribution >= 4 is 27.7 Å². The van der Waals surface area contributed by atoms with Gasteiger partial charge < -0.3 is 18.9 Å². The zero-order chi connectivity index (χ0) is 17.3. The molecule has 0 atom stereocenters. The van der Waals surface area contributed by atoms with E-state index in [2.05, 4.69) is 21.2 Å². The van der Waals surface area contributed by atoms with Gasteiger partial charge in [0, 0.05) is 12.8 Å². The van der Waals surface area contributed by atoms with Gasteiger partial charge in [0.1, 0.15) is 18.0 Å². The first kappa shape index (κ1) is 19.7. The van der Waals surface area contributed by atoms with Crippen LogP contribution in [-0.2, 0) is 14.2 Å². The second kappa shape index (κ2) is 9.75. The molecular weight excluding hydrogens is 366 g/mol. The minimum Gasteiger partial charge on any atom is -0.490 e. The fraction of sp³-hybridized carbons (Fsp3) is 0.562. The molecule has 0 spiro atoms. The maximum Gasteiger partial charge on any atom is 0.412 e. The third kappa shape index (κ3) is 8.78. The molecule has 0 saturated carbocycles. The van der Waals surface area contributed by atoms with Gasteiger partial charge in [0.15, 0.2) is 0 Å². The molecule has 7 heteroatoms. The predicted octanol–water partition coefficient (Wildman–Crippen LogP) is 3.84. The Morgan fingerprint density at radius 2 is 1.87 bits per heavy atom. The molecule has 0 unspecified atom stereocenters. The standard InChI is InChI=1S/C16H24BrNO5/c1-16(2,3)23-15(19)18-12-5-6-14(13(17)11-12)22-10-9-21-8-7-20-4/h5-6,11H,7-10H2,1-4H3,(H,18,19). The molecule has 6 nitrogen and oxygen atoms in total. The van der Waals surface area contributed by atoms with Crippen molar-refractivity contribution in [2.24, 2.45) is 0 Å². The Balaban J connectivity index is 2.43. The lowest BCUT2D eigenvalue weighted by Crippen LogP contribution is -2.27. The SMILES string of the molecule is COCCOCCOc1ccc(NC(=O)OC(C)(C)C)cc1Br. The fourth-order valence-corrected chi connectivity index (χ4v) is 2.07. The van der Waals surface area contributed by atoms with Gasteiger partial charge >= 0.3 is 6.09 Å². The summed E-state index contributed by atoms with van der Waals surface area (Å²) in [6, 6.07) is 5.27. The number of carbonyl (C=O) groups excluding carboxylic acids is 1. The number of amides is 1. The summed E-state index contributed by atoms with van der Waals surface area (Å²) in [6.45, 7) is 7.46. The van der Waals surface area contributed by atoms with Crippen LogP contribution in [-0.4, -0.2) is 45.2 Å². The highest BCUT2D eigenvalue weighted by Crippen LogP contribution is 2.28. The van der Waals surface area contributed by atoms with Gasteiger partial charge in [-0.25, -0.2) is 4.79 Å². The maximum atomic E-state index is 11.7. The number of rotatable bonds is 8. The van der Waals surface area contributed by atoms with Crippen molar-refractivity contribution < 1.29 is 23.7 Å². The van der Waals surface area contributed by atoms with E-state index < -0.39 is 11.7 Å². The van der Waals surface area contributed by atoms with Crippen LogP contribution < -0.4 is 10.1 Å². The van der Waals surface area contributed by atoms with Crippen molar-refractivity contribution in [1.82, 2.24) is 0 Å². The first-order chi connectivity index (χ1) is 10.8. The minimum absolute atomic E-state index is 0.432. The van der Waals surface area contributed by atoms with Gasteiger partial charge in [-0.2, -0.15) is 0 Å². The molecule has 1 rings (SSSR count). The molecule has 0 saturated heterocycles. The molecule has 1 aromatic carbocycles. The van der Waals surface area contributed by atoms with Crippen molar-refractivity contribution in [3.63, 3.8) is 0 Å². The molecule has 1 N–H and O–H groups in total. The Kier molecular flexibility index (Phi) is 8.36. The summed E-state index contributed by atoms with van der Waals surface area (Å²) >= 11 is 3.41. The molecule has 1 amide bonds. The molecule has 1 aromatic rings. The molecular formula is C16H24BrNO5. The fourth-order valence-electron chi connectivity index (χ4n) is 1.57. The average molecular weight is 390 g/mol. The van der Waals surface area contributed by atoms with Crippen LogP contribution >= 0.6 is 15.9 Å². The number of benzene rings is 1. The molecule has 130 valence electrons. The zero-order valence-corrected chi connectivity index (χ0v) is 15.6. The third-order valence-electron chi connectivity index (χ3n) is 2.49. The van der Waals surface area contributed by atoms with Crippen LogP contribution in [0, 0.1) is 0 Å². The number of methoxy groups -OCH3 is 1. The van der Waals surface area contributed by atoms with Crippen LogP contribution in [0.4, 0.5) is 10.5 Å². The zero-order valence-electron chi connectivity index (χ0n) is 14.0. The predicted molar refractivity (Wildman–Crippen MR) is 92.2 cm³/mol. The number of anilines is 1. The lowest BCUT2D eigenvalue weighted by molar-refractivity contribution is 0.0543. The lowest BCUT2D eigenvalue weighted by atomic mass is 10.2. The number of carbonyl (C=O) groups is 1. The van der Waals surface area contributed by atoms with E-state index in [1.165, 1.54) is 0 Å². The van der Waals surface area contributed by atoms with Gasteiger partial charge in [0.2, 0.25) is 0 Å². The smallest absolute Gasteiger partial charge is 0.412 e. The van der Waals surface area contributed by atoms with Gasteiger partial charge in [-0.3, -0.25) is 5.32 Å².